The first-order chi connectivity index (χ1) is 11.5. The molecule has 4 rings (SSSR count). The second-order valence-corrected chi connectivity index (χ2v) is 7.44. The van der Waals surface area contributed by atoms with E-state index in [1.807, 2.05) is 30.3 Å². The van der Waals surface area contributed by atoms with E-state index in [1.54, 1.807) is 6.20 Å². The number of hydrazine groups is 1. The van der Waals surface area contributed by atoms with Gasteiger partial charge in [0.2, 0.25) is 0 Å². The van der Waals surface area contributed by atoms with Crippen molar-refractivity contribution >= 4 is 28.3 Å². The number of amides is 1. The Labute approximate surface area is 140 Å². The van der Waals surface area contributed by atoms with Gasteiger partial charge in [-0.05, 0) is 48.4 Å². The standard InChI is InChI=1S/C19H21N3O2/c1-18(2)12-8-9-19(18,16(23)11-12)17(24)22-21-15-7-3-6-14-13(15)5-4-10-20-14/h3-7,10,12,21H,8-9,11H2,1-2H3,(H,22,24)/t12-,19+/m0/s1. The summed E-state index contributed by atoms with van der Waals surface area (Å²) in [6.07, 6.45) is 3.86. The third kappa shape index (κ3) is 1.84. The third-order valence-electron chi connectivity index (χ3n) is 6.24. The number of fused-ring (bicyclic) bond motifs is 3. The summed E-state index contributed by atoms with van der Waals surface area (Å²) in [4.78, 5) is 29.8. The molecule has 2 atom stereocenters. The van der Waals surface area contributed by atoms with E-state index >= 15 is 0 Å². The molecule has 2 aliphatic carbocycles. The summed E-state index contributed by atoms with van der Waals surface area (Å²) in [6, 6.07) is 9.51. The molecule has 1 aromatic carbocycles. The highest BCUT2D eigenvalue weighted by Gasteiger charge is 2.68. The number of Topliss-reactive ketones (excluding diaryl/α,β-unsaturated/α-hetero) is 1. The lowest BCUT2D eigenvalue weighted by atomic mass is 9.68. The van der Waals surface area contributed by atoms with Crippen LogP contribution < -0.4 is 10.9 Å². The molecule has 1 aromatic heterocycles. The van der Waals surface area contributed by atoms with Crippen molar-refractivity contribution in [2.45, 2.75) is 33.1 Å². The van der Waals surface area contributed by atoms with Gasteiger partial charge in [0.05, 0.1) is 11.2 Å². The maximum Gasteiger partial charge on any atom is 0.252 e. The van der Waals surface area contributed by atoms with Crippen molar-refractivity contribution in [3.63, 3.8) is 0 Å². The molecule has 2 aliphatic rings. The van der Waals surface area contributed by atoms with Crippen LogP contribution in [-0.2, 0) is 9.59 Å². The van der Waals surface area contributed by atoms with Crippen LogP contribution >= 0.6 is 0 Å². The van der Waals surface area contributed by atoms with Gasteiger partial charge in [0.1, 0.15) is 11.2 Å². The quantitative estimate of drug-likeness (QED) is 0.673. The number of nitrogens with one attached hydrogen (secondary N) is 2. The molecule has 0 unspecified atom stereocenters. The zero-order valence-electron chi connectivity index (χ0n) is 13.9. The molecule has 1 amide bonds. The number of nitrogens with zero attached hydrogens (tertiary/aromatic N) is 1. The van der Waals surface area contributed by atoms with Gasteiger partial charge in [0.15, 0.2) is 0 Å². The van der Waals surface area contributed by atoms with Crippen LogP contribution in [0.1, 0.15) is 33.1 Å². The Morgan fingerprint density at radius 2 is 2.08 bits per heavy atom. The van der Waals surface area contributed by atoms with Crippen molar-refractivity contribution < 1.29 is 9.59 Å². The van der Waals surface area contributed by atoms with Gasteiger partial charge < -0.3 is 0 Å². The topological polar surface area (TPSA) is 71.1 Å². The second-order valence-electron chi connectivity index (χ2n) is 7.44. The molecule has 1 heterocycles. The summed E-state index contributed by atoms with van der Waals surface area (Å²) in [5, 5.41) is 0.930. The first kappa shape index (κ1) is 15.1. The van der Waals surface area contributed by atoms with Gasteiger partial charge in [0.25, 0.3) is 5.91 Å². The van der Waals surface area contributed by atoms with Crippen molar-refractivity contribution in [1.29, 1.82) is 0 Å². The number of aromatic nitrogens is 1. The maximum atomic E-state index is 13.0. The van der Waals surface area contributed by atoms with Crippen molar-refractivity contribution in [3.8, 4) is 0 Å². The zero-order chi connectivity index (χ0) is 16.9. The van der Waals surface area contributed by atoms with E-state index in [-0.39, 0.29) is 17.1 Å². The number of rotatable bonds is 3. The third-order valence-corrected chi connectivity index (χ3v) is 6.24. The van der Waals surface area contributed by atoms with Crippen LogP contribution in [0.25, 0.3) is 10.9 Å². The number of pyridine rings is 1. The molecule has 0 radical (unpaired) electrons. The molecule has 0 saturated heterocycles. The van der Waals surface area contributed by atoms with Gasteiger partial charge in [-0.15, -0.1) is 0 Å². The molecule has 2 fully saturated rings. The Balaban J connectivity index is 1.60. The number of ketones is 1. The molecule has 2 N–H and O–H groups in total. The number of carbonyl (C=O) groups is 2. The van der Waals surface area contributed by atoms with Gasteiger partial charge in [-0.2, -0.15) is 0 Å². The summed E-state index contributed by atoms with van der Waals surface area (Å²) in [5.74, 6) is 0.193. The number of anilines is 1. The average molecular weight is 323 g/mol. The van der Waals surface area contributed by atoms with Gasteiger partial charge >= 0.3 is 0 Å². The highest BCUT2D eigenvalue weighted by Crippen LogP contribution is 2.63. The Morgan fingerprint density at radius 1 is 1.25 bits per heavy atom. The molecule has 0 spiro atoms. The lowest BCUT2D eigenvalue weighted by molar-refractivity contribution is -0.144. The normalized spacial score (nSPS) is 27.4. The second kappa shape index (κ2) is 5.03. The van der Waals surface area contributed by atoms with E-state index in [0.29, 0.717) is 18.8 Å². The van der Waals surface area contributed by atoms with Crippen molar-refractivity contribution in [2.24, 2.45) is 16.7 Å². The predicted molar refractivity (Wildman–Crippen MR) is 92.1 cm³/mol. The van der Waals surface area contributed by atoms with E-state index in [9.17, 15) is 9.59 Å². The van der Waals surface area contributed by atoms with Crippen LogP contribution in [0.3, 0.4) is 0 Å². The zero-order valence-corrected chi connectivity index (χ0v) is 13.9. The first-order valence-corrected chi connectivity index (χ1v) is 8.40. The number of carbonyl (C=O) groups excluding carboxylic acids is 2. The van der Waals surface area contributed by atoms with Crippen LogP contribution in [-0.4, -0.2) is 16.7 Å². The Kier molecular flexibility index (Phi) is 3.17. The van der Waals surface area contributed by atoms with Crippen molar-refractivity contribution in [3.05, 3.63) is 36.5 Å². The van der Waals surface area contributed by atoms with E-state index in [4.69, 9.17) is 0 Å². The summed E-state index contributed by atoms with van der Waals surface area (Å²) < 4.78 is 0. The monoisotopic (exact) mass is 323 g/mol. The Bertz CT molecular complexity index is 840. The Morgan fingerprint density at radius 3 is 2.79 bits per heavy atom. The number of hydrogen-bond donors (Lipinski definition) is 2. The van der Waals surface area contributed by atoms with E-state index in [2.05, 4.69) is 29.7 Å². The Hall–Kier alpha value is -2.43. The van der Waals surface area contributed by atoms with E-state index in [1.165, 1.54) is 0 Å². The highest BCUT2D eigenvalue weighted by atomic mass is 16.2. The largest absolute Gasteiger partial charge is 0.298 e. The molecule has 2 bridgehead atoms. The lowest BCUT2D eigenvalue weighted by Crippen LogP contribution is -2.51. The van der Waals surface area contributed by atoms with E-state index in [0.717, 1.165) is 23.0 Å². The van der Waals surface area contributed by atoms with Crippen LogP contribution in [0.5, 0.6) is 0 Å². The van der Waals surface area contributed by atoms with Crippen LogP contribution in [0.15, 0.2) is 36.5 Å². The average Bonchev–Trinajstić information content (AvgIpc) is 2.95. The first-order valence-electron chi connectivity index (χ1n) is 8.40. The van der Waals surface area contributed by atoms with Crippen LogP contribution in [0.2, 0.25) is 0 Å². The minimum absolute atomic E-state index is 0.0858. The molecule has 124 valence electrons. The number of hydrogen-bond acceptors (Lipinski definition) is 4. The fraction of sp³-hybridized carbons (Fsp3) is 0.421. The SMILES string of the molecule is CC1(C)[C@H]2CC[C@]1(C(=O)NNc1cccc3ncccc13)C(=O)C2. The minimum atomic E-state index is -0.895. The predicted octanol–water partition coefficient (Wildman–Crippen LogP) is 3.07. The minimum Gasteiger partial charge on any atom is -0.298 e. The molecule has 2 saturated carbocycles. The molecule has 5 heteroatoms. The molecular formula is C19H21N3O2. The summed E-state index contributed by atoms with van der Waals surface area (Å²) in [5.41, 5.74) is 6.27. The molecule has 5 nitrogen and oxygen atoms in total. The van der Waals surface area contributed by atoms with Crippen LogP contribution in [0.4, 0.5) is 5.69 Å². The molecular weight excluding hydrogens is 302 g/mol. The van der Waals surface area contributed by atoms with E-state index < -0.39 is 5.41 Å². The summed E-state index contributed by atoms with van der Waals surface area (Å²) >= 11 is 0. The van der Waals surface area contributed by atoms with Gasteiger partial charge in [-0.25, -0.2) is 0 Å². The lowest BCUT2D eigenvalue weighted by Gasteiger charge is -2.34. The van der Waals surface area contributed by atoms with Gasteiger partial charge in [0, 0.05) is 18.0 Å². The summed E-state index contributed by atoms with van der Waals surface area (Å²) in [7, 11) is 0. The smallest absolute Gasteiger partial charge is 0.252 e. The molecule has 24 heavy (non-hydrogen) atoms. The summed E-state index contributed by atoms with van der Waals surface area (Å²) in [6.45, 7) is 4.11. The van der Waals surface area contributed by atoms with Crippen molar-refractivity contribution in [2.75, 3.05) is 5.43 Å². The number of benzene rings is 1. The molecule has 0 aliphatic heterocycles. The van der Waals surface area contributed by atoms with Gasteiger partial charge in [-0.3, -0.25) is 25.4 Å². The fourth-order valence-electron chi connectivity index (χ4n) is 4.65. The molecule has 2 aromatic rings. The maximum absolute atomic E-state index is 13.0. The van der Waals surface area contributed by atoms with Gasteiger partial charge in [-0.1, -0.05) is 19.9 Å². The fourth-order valence-corrected chi connectivity index (χ4v) is 4.65. The highest BCUT2D eigenvalue weighted by molar-refractivity contribution is 6.10. The van der Waals surface area contributed by atoms with Crippen LogP contribution in [0, 0.1) is 16.7 Å². The van der Waals surface area contributed by atoms with Crippen molar-refractivity contribution in [1.82, 2.24) is 10.4 Å².